The summed E-state index contributed by atoms with van der Waals surface area (Å²) in [6.07, 6.45) is 1.74. The fraction of sp³-hybridized carbons (Fsp3) is 0.316. The molecule has 10 heteroatoms. The molecule has 0 atom stereocenters. The molecule has 0 bridgehead atoms. The molecule has 0 spiro atoms. The first-order chi connectivity index (χ1) is 14.0. The molecule has 0 saturated heterocycles. The van der Waals surface area contributed by atoms with Crippen molar-refractivity contribution in [3.05, 3.63) is 50.7 Å². The van der Waals surface area contributed by atoms with Gasteiger partial charge in [-0.3, -0.25) is 0 Å². The van der Waals surface area contributed by atoms with Crippen LogP contribution in [-0.2, 0) is 20.8 Å². The summed E-state index contributed by atoms with van der Waals surface area (Å²) < 4.78 is 15.5. The van der Waals surface area contributed by atoms with Crippen LogP contribution in [0.1, 0.15) is 12.7 Å². The lowest BCUT2D eigenvalue weighted by atomic mass is 10.1. The second kappa shape index (κ2) is 11.7. The van der Waals surface area contributed by atoms with Gasteiger partial charge in [-0.1, -0.05) is 28.4 Å². The van der Waals surface area contributed by atoms with Crippen LogP contribution in [0.5, 0.6) is 0 Å². The second-order valence-electron chi connectivity index (χ2n) is 5.51. The SMILES string of the molecule is CCOCCOC(=O)/C(C#N)=C(\NCc1cc(-c2ccc(Cl)cc2Cl)no1)SC. The summed E-state index contributed by atoms with van der Waals surface area (Å²) in [7, 11) is 0. The average Bonchev–Trinajstić information content (AvgIpc) is 3.17. The molecule has 1 N–H and O–H groups in total. The topological polar surface area (TPSA) is 97.4 Å². The summed E-state index contributed by atoms with van der Waals surface area (Å²) in [6, 6.07) is 8.67. The second-order valence-corrected chi connectivity index (χ2v) is 7.17. The highest BCUT2D eigenvalue weighted by molar-refractivity contribution is 8.02. The number of hydrogen-bond acceptors (Lipinski definition) is 8. The molecule has 2 aromatic rings. The van der Waals surface area contributed by atoms with Crippen molar-refractivity contribution in [2.45, 2.75) is 13.5 Å². The Hall–Kier alpha value is -2.18. The van der Waals surface area contributed by atoms with Crippen LogP contribution in [0.4, 0.5) is 0 Å². The Bertz CT molecular complexity index is 924. The molecule has 154 valence electrons. The molecule has 1 heterocycles. The molecule has 1 aromatic heterocycles. The number of aromatic nitrogens is 1. The van der Waals surface area contributed by atoms with Crippen molar-refractivity contribution in [3.63, 3.8) is 0 Å². The Morgan fingerprint density at radius 1 is 1.34 bits per heavy atom. The van der Waals surface area contributed by atoms with E-state index in [1.54, 1.807) is 30.5 Å². The maximum Gasteiger partial charge on any atom is 0.351 e. The summed E-state index contributed by atoms with van der Waals surface area (Å²) >= 11 is 13.3. The van der Waals surface area contributed by atoms with Gasteiger partial charge in [0.25, 0.3) is 0 Å². The van der Waals surface area contributed by atoms with E-state index in [1.165, 1.54) is 11.8 Å². The number of nitrogens with zero attached hydrogens (tertiary/aromatic N) is 2. The third-order valence-electron chi connectivity index (χ3n) is 3.60. The van der Waals surface area contributed by atoms with E-state index in [0.717, 1.165) is 0 Å². The third-order valence-corrected chi connectivity index (χ3v) is 4.91. The number of carbonyl (C=O) groups is 1. The molecular weight excluding hydrogens is 437 g/mol. The lowest BCUT2D eigenvalue weighted by molar-refractivity contribution is -0.140. The summed E-state index contributed by atoms with van der Waals surface area (Å²) in [6.45, 7) is 2.93. The molecule has 0 aliphatic carbocycles. The van der Waals surface area contributed by atoms with Gasteiger partial charge in [-0.2, -0.15) is 5.26 Å². The summed E-state index contributed by atoms with van der Waals surface area (Å²) in [4.78, 5) is 12.1. The van der Waals surface area contributed by atoms with E-state index in [0.29, 0.717) is 38.7 Å². The van der Waals surface area contributed by atoms with Crippen LogP contribution >= 0.6 is 35.0 Å². The van der Waals surface area contributed by atoms with E-state index in [1.807, 2.05) is 13.0 Å². The first kappa shape index (κ1) is 23.1. The fourth-order valence-corrected chi connectivity index (χ4v) is 3.30. The van der Waals surface area contributed by atoms with Gasteiger partial charge in [0.05, 0.1) is 23.2 Å². The Morgan fingerprint density at radius 3 is 2.79 bits per heavy atom. The van der Waals surface area contributed by atoms with E-state index < -0.39 is 5.97 Å². The van der Waals surface area contributed by atoms with E-state index in [4.69, 9.17) is 37.2 Å². The van der Waals surface area contributed by atoms with Gasteiger partial charge in [-0.25, -0.2) is 4.79 Å². The molecule has 0 unspecified atom stereocenters. The van der Waals surface area contributed by atoms with Crippen molar-refractivity contribution >= 4 is 40.9 Å². The molecular formula is C19H19Cl2N3O4S. The van der Waals surface area contributed by atoms with Crippen LogP contribution in [0, 0.1) is 11.3 Å². The van der Waals surface area contributed by atoms with Gasteiger partial charge < -0.3 is 19.3 Å². The van der Waals surface area contributed by atoms with Gasteiger partial charge in [0, 0.05) is 23.3 Å². The Kier molecular flexibility index (Phi) is 9.35. The number of rotatable bonds is 10. The summed E-state index contributed by atoms with van der Waals surface area (Å²) in [5.41, 5.74) is 1.12. The number of benzene rings is 1. The number of hydrogen-bond donors (Lipinski definition) is 1. The smallest absolute Gasteiger partial charge is 0.351 e. The first-order valence-electron chi connectivity index (χ1n) is 8.58. The summed E-state index contributed by atoms with van der Waals surface area (Å²) in [5.74, 6) is -0.213. The number of ether oxygens (including phenoxy) is 2. The Morgan fingerprint density at radius 2 is 2.14 bits per heavy atom. The Balaban J connectivity index is 2.06. The van der Waals surface area contributed by atoms with Crippen molar-refractivity contribution in [1.29, 1.82) is 5.26 Å². The monoisotopic (exact) mass is 455 g/mol. The average molecular weight is 456 g/mol. The highest BCUT2D eigenvalue weighted by Gasteiger charge is 2.18. The molecule has 0 amide bonds. The number of nitrogens with one attached hydrogen (secondary N) is 1. The number of thioether (sulfide) groups is 1. The van der Waals surface area contributed by atoms with Crippen molar-refractivity contribution < 1.29 is 18.8 Å². The summed E-state index contributed by atoms with van der Waals surface area (Å²) in [5, 5.41) is 17.7. The Labute approximate surface area is 182 Å². The van der Waals surface area contributed by atoms with Crippen LogP contribution in [-0.4, -0.2) is 37.2 Å². The predicted molar refractivity (Wildman–Crippen MR) is 112 cm³/mol. The van der Waals surface area contributed by atoms with Gasteiger partial charge >= 0.3 is 5.97 Å². The van der Waals surface area contributed by atoms with Gasteiger partial charge in [-0.15, -0.1) is 11.8 Å². The molecule has 0 fully saturated rings. The quantitative estimate of drug-likeness (QED) is 0.243. The van der Waals surface area contributed by atoms with Crippen LogP contribution in [0.3, 0.4) is 0 Å². The largest absolute Gasteiger partial charge is 0.459 e. The standard InChI is InChI=1S/C19H19Cl2N3O4S/c1-3-26-6-7-27-19(25)15(10-22)18(29-2)23-11-13-9-17(24-28-13)14-5-4-12(20)8-16(14)21/h4-5,8-9,23H,3,6-7,11H2,1-2H3/b18-15+. The number of nitriles is 1. The van der Waals surface area contributed by atoms with Crippen molar-refractivity contribution in [2.24, 2.45) is 0 Å². The minimum atomic E-state index is -0.713. The number of carbonyl (C=O) groups excluding carboxylic acids is 1. The number of esters is 1. The molecule has 0 aliphatic rings. The van der Waals surface area contributed by atoms with Crippen LogP contribution in [0.25, 0.3) is 11.3 Å². The van der Waals surface area contributed by atoms with Crippen LogP contribution < -0.4 is 5.32 Å². The number of halogens is 2. The first-order valence-corrected chi connectivity index (χ1v) is 10.6. The maximum atomic E-state index is 12.1. The molecule has 7 nitrogen and oxygen atoms in total. The van der Waals surface area contributed by atoms with Crippen molar-refractivity contribution in [2.75, 3.05) is 26.1 Å². The van der Waals surface area contributed by atoms with Crippen LogP contribution in [0.15, 0.2) is 39.4 Å². The zero-order chi connectivity index (χ0) is 21.2. The van der Waals surface area contributed by atoms with Crippen molar-refractivity contribution in [1.82, 2.24) is 10.5 Å². The molecule has 2 rings (SSSR count). The van der Waals surface area contributed by atoms with Gasteiger partial charge in [0.1, 0.15) is 18.4 Å². The van der Waals surface area contributed by atoms with E-state index in [2.05, 4.69) is 10.5 Å². The zero-order valence-corrected chi connectivity index (χ0v) is 18.2. The minimum Gasteiger partial charge on any atom is -0.459 e. The molecule has 29 heavy (non-hydrogen) atoms. The third kappa shape index (κ3) is 6.68. The highest BCUT2D eigenvalue weighted by Crippen LogP contribution is 2.30. The zero-order valence-electron chi connectivity index (χ0n) is 15.8. The molecule has 0 radical (unpaired) electrons. The van der Waals surface area contributed by atoms with Crippen molar-refractivity contribution in [3.8, 4) is 17.3 Å². The van der Waals surface area contributed by atoms with E-state index in [9.17, 15) is 10.1 Å². The molecule has 1 aromatic carbocycles. The van der Waals surface area contributed by atoms with E-state index >= 15 is 0 Å². The predicted octanol–water partition coefficient (Wildman–Crippen LogP) is 4.42. The van der Waals surface area contributed by atoms with Gasteiger partial charge in [-0.05, 0) is 31.4 Å². The highest BCUT2D eigenvalue weighted by atomic mass is 35.5. The van der Waals surface area contributed by atoms with Gasteiger partial charge in [0.2, 0.25) is 0 Å². The van der Waals surface area contributed by atoms with E-state index in [-0.39, 0.29) is 25.3 Å². The maximum absolute atomic E-state index is 12.1. The lowest BCUT2D eigenvalue weighted by Crippen LogP contribution is -2.18. The minimum absolute atomic E-state index is 0.0762. The van der Waals surface area contributed by atoms with Gasteiger partial charge in [0.15, 0.2) is 11.3 Å². The fourth-order valence-electron chi connectivity index (χ4n) is 2.25. The normalized spacial score (nSPS) is 11.6. The molecule has 0 saturated carbocycles. The molecule has 0 aliphatic heterocycles. The van der Waals surface area contributed by atoms with Crippen LogP contribution in [0.2, 0.25) is 10.0 Å². The lowest BCUT2D eigenvalue weighted by Gasteiger charge is -2.10.